The van der Waals surface area contributed by atoms with Gasteiger partial charge < -0.3 is 15.2 Å². The van der Waals surface area contributed by atoms with Crippen molar-refractivity contribution in [1.82, 2.24) is 9.55 Å². The molecule has 1 atom stereocenters. The summed E-state index contributed by atoms with van der Waals surface area (Å²) in [7, 11) is 0. The van der Waals surface area contributed by atoms with Gasteiger partial charge in [-0.3, -0.25) is 0 Å². The molecule has 1 unspecified atom stereocenters. The number of nitro groups is 1. The molecule has 0 aliphatic carbocycles. The van der Waals surface area contributed by atoms with Crippen LogP contribution in [0.1, 0.15) is 18.3 Å². The molecule has 0 saturated heterocycles. The van der Waals surface area contributed by atoms with E-state index >= 15 is 0 Å². The topological polar surface area (TPSA) is 81.2 Å². The van der Waals surface area contributed by atoms with Crippen LogP contribution in [-0.2, 0) is 6.54 Å². The molecule has 1 N–H and O–H groups in total. The van der Waals surface area contributed by atoms with E-state index in [1.54, 1.807) is 24.3 Å². The first-order chi connectivity index (χ1) is 9.97. The summed E-state index contributed by atoms with van der Waals surface area (Å²) < 4.78 is 14.1. The summed E-state index contributed by atoms with van der Waals surface area (Å²) in [6, 6.07) is 5.82. The fourth-order valence-corrected chi connectivity index (χ4v) is 1.86. The SMILES string of the molecule is CC(O)Cn1c([N+](=O)[O-])cnc1/C=C/c1ccc(F)cc1. The first-order valence-electron chi connectivity index (χ1n) is 6.29. The van der Waals surface area contributed by atoms with Crippen molar-refractivity contribution >= 4 is 18.0 Å². The summed E-state index contributed by atoms with van der Waals surface area (Å²) in [5, 5.41) is 20.4. The molecule has 0 radical (unpaired) electrons. The summed E-state index contributed by atoms with van der Waals surface area (Å²) >= 11 is 0. The Morgan fingerprint density at radius 3 is 2.67 bits per heavy atom. The second kappa shape index (κ2) is 6.27. The predicted octanol–water partition coefficient (Wildman–Crippen LogP) is 2.48. The standard InChI is InChI=1S/C14H14FN3O3/c1-10(19)9-17-13(16-8-14(17)18(20)21)7-4-11-2-5-12(15)6-3-11/h2-8,10,19H,9H2,1H3/b7-4+. The Labute approximate surface area is 120 Å². The number of hydrogen-bond acceptors (Lipinski definition) is 4. The zero-order valence-corrected chi connectivity index (χ0v) is 11.3. The van der Waals surface area contributed by atoms with Crippen molar-refractivity contribution in [1.29, 1.82) is 0 Å². The van der Waals surface area contributed by atoms with Crippen LogP contribution in [0.5, 0.6) is 0 Å². The molecule has 7 heteroatoms. The quantitative estimate of drug-likeness (QED) is 0.677. The predicted molar refractivity (Wildman–Crippen MR) is 75.9 cm³/mol. The maximum absolute atomic E-state index is 12.8. The van der Waals surface area contributed by atoms with Crippen molar-refractivity contribution < 1.29 is 14.4 Å². The smallest absolute Gasteiger partial charge is 0.343 e. The number of halogens is 1. The fourth-order valence-electron chi connectivity index (χ4n) is 1.86. The molecule has 0 aliphatic rings. The van der Waals surface area contributed by atoms with Crippen molar-refractivity contribution in [2.45, 2.75) is 19.6 Å². The molecule has 110 valence electrons. The van der Waals surface area contributed by atoms with Crippen molar-refractivity contribution in [3.8, 4) is 0 Å². The number of imidazole rings is 1. The third kappa shape index (κ3) is 3.73. The van der Waals surface area contributed by atoms with Gasteiger partial charge in [0.1, 0.15) is 18.6 Å². The number of nitrogens with zero attached hydrogens (tertiary/aromatic N) is 3. The van der Waals surface area contributed by atoms with E-state index in [0.717, 1.165) is 11.8 Å². The number of rotatable bonds is 5. The van der Waals surface area contributed by atoms with Gasteiger partial charge in [0.05, 0.1) is 6.10 Å². The largest absolute Gasteiger partial charge is 0.389 e. The van der Waals surface area contributed by atoms with Crippen molar-refractivity contribution in [2.75, 3.05) is 0 Å². The van der Waals surface area contributed by atoms with Crippen LogP contribution in [-0.4, -0.2) is 25.7 Å². The number of hydrogen-bond donors (Lipinski definition) is 1. The van der Waals surface area contributed by atoms with Gasteiger partial charge in [-0.25, -0.2) is 13.9 Å². The van der Waals surface area contributed by atoms with Crippen LogP contribution in [0.2, 0.25) is 0 Å². The van der Waals surface area contributed by atoms with Gasteiger partial charge in [-0.1, -0.05) is 12.1 Å². The van der Waals surface area contributed by atoms with Crippen LogP contribution < -0.4 is 0 Å². The second-order valence-corrected chi connectivity index (χ2v) is 4.58. The molecule has 0 fully saturated rings. The molecule has 0 saturated carbocycles. The highest BCUT2D eigenvalue weighted by atomic mass is 19.1. The molecule has 2 aromatic rings. The van der Waals surface area contributed by atoms with Crippen LogP contribution in [0, 0.1) is 15.9 Å². The lowest BCUT2D eigenvalue weighted by molar-refractivity contribution is -0.392. The second-order valence-electron chi connectivity index (χ2n) is 4.58. The highest BCUT2D eigenvalue weighted by molar-refractivity contribution is 5.67. The van der Waals surface area contributed by atoms with Crippen LogP contribution in [0.3, 0.4) is 0 Å². The molecule has 21 heavy (non-hydrogen) atoms. The number of aliphatic hydroxyl groups excluding tert-OH is 1. The average Bonchev–Trinajstić information content (AvgIpc) is 2.80. The highest BCUT2D eigenvalue weighted by Gasteiger charge is 2.19. The Balaban J connectivity index is 2.30. The molecule has 1 aromatic heterocycles. The number of benzene rings is 1. The number of aromatic nitrogens is 2. The van der Waals surface area contributed by atoms with E-state index in [2.05, 4.69) is 4.98 Å². The maximum Gasteiger partial charge on any atom is 0.343 e. The lowest BCUT2D eigenvalue weighted by Gasteiger charge is -2.04. The van der Waals surface area contributed by atoms with Gasteiger partial charge in [0, 0.05) is 6.08 Å². The normalized spacial score (nSPS) is 12.7. The van der Waals surface area contributed by atoms with E-state index in [9.17, 15) is 19.6 Å². The minimum atomic E-state index is -0.740. The van der Waals surface area contributed by atoms with Crippen LogP contribution >= 0.6 is 0 Å². The van der Waals surface area contributed by atoms with Crippen LogP contribution in [0.4, 0.5) is 10.2 Å². The Morgan fingerprint density at radius 2 is 2.10 bits per heavy atom. The monoisotopic (exact) mass is 291 g/mol. The molecular formula is C14H14FN3O3. The van der Waals surface area contributed by atoms with Crippen molar-refractivity contribution in [3.63, 3.8) is 0 Å². The van der Waals surface area contributed by atoms with Gasteiger partial charge in [0.2, 0.25) is 5.82 Å². The summed E-state index contributed by atoms with van der Waals surface area (Å²) in [6.45, 7) is 1.61. The van der Waals surface area contributed by atoms with Gasteiger partial charge in [-0.2, -0.15) is 0 Å². The summed E-state index contributed by atoms with van der Waals surface area (Å²) in [5.74, 6) is -0.167. The van der Waals surface area contributed by atoms with E-state index in [0.29, 0.717) is 5.82 Å². The molecule has 1 aromatic carbocycles. The molecule has 0 spiro atoms. The Hall–Kier alpha value is -2.54. The Kier molecular flexibility index (Phi) is 4.44. The van der Waals surface area contributed by atoms with E-state index in [1.807, 2.05) is 0 Å². The molecule has 0 amide bonds. The van der Waals surface area contributed by atoms with Crippen LogP contribution in [0.25, 0.3) is 12.2 Å². The molecule has 6 nitrogen and oxygen atoms in total. The van der Waals surface area contributed by atoms with Gasteiger partial charge in [0.15, 0.2) is 0 Å². The van der Waals surface area contributed by atoms with E-state index < -0.39 is 11.0 Å². The minimum Gasteiger partial charge on any atom is -0.389 e. The first kappa shape index (κ1) is 14.9. The number of aliphatic hydroxyl groups is 1. The summed E-state index contributed by atoms with van der Waals surface area (Å²) in [6.07, 6.45) is 3.66. The van der Waals surface area contributed by atoms with Gasteiger partial charge in [-0.15, -0.1) is 0 Å². The molecule has 2 rings (SSSR count). The average molecular weight is 291 g/mol. The summed E-state index contributed by atoms with van der Waals surface area (Å²) in [5.41, 5.74) is 0.741. The zero-order valence-electron chi connectivity index (χ0n) is 11.3. The molecule has 0 bridgehead atoms. The first-order valence-corrected chi connectivity index (χ1v) is 6.29. The van der Waals surface area contributed by atoms with Crippen LogP contribution in [0.15, 0.2) is 30.5 Å². The Morgan fingerprint density at radius 1 is 1.43 bits per heavy atom. The van der Waals surface area contributed by atoms with Crippen molar-refractivity contribution in [2.24, 2.45) is 0 Å². The van der Waals surface area contributed by atoms with E-state index in [1.165, 1.54) is 23.6 Å². The third-order valence-corrected chi connectivity index (χ3v) is 2.79. The van der Waals surface area contributed by atoms with E-state index in [4.69, 9.17) is 0 Å². The highest BCUT2D eigenvalue weighted by Crippen LogP contribution is 2.17. The van der Waals surface area contributed by atoms with Gasteiger partial charge in [-0.05, 0) is 35.6 Å². The maximum atomic E-state index is 12.8. The summed E-state index contributed by atoms with van der Waals surface area (Å²) in [4.78, 5) is 14.3. The molecule has 1 heterocycles. The molecule has 0 aliphatic heterocycles. The van der Waals surface area contributed by atoms with Crippen molar-refractivity contribution in [3.05, 3.63) is 57.8 Å². The van der Waals surface area contributed by atoms with E-state index in [-0.39, 0.29) is 18.2 Å². The van der Waals surface area contributed by atoms with Gasteiger partial charge >= 0.3 is 5.82 Å². The lowest BCUT2D eigenvalue weighted by atomic mass is 10.2. The zero-order chi connectivity index (χ0) is 15.4. The Bertz CT molecular complexity index is 663. The lowest BCUT2D eigenvalue weighted by Crippen LogP contribution is -2.14. The third-order valence-electron chi connectivity index (χ3n) is 2.79. The fraction of sp³-hybridized carbons (Fsp3) is 0.214. The van der Waals surface area contributed by atoms with Gasteiger partial charge in [0.25, 0.3) is 0 Å². The molecular weight excluding hydrogens is 277 g/mol. The minimum absolute atomic E-state index is 0.0689.